The van der Waals surface area contributed by atoms with E-state index >= 15 is 0 Å². The van der Waals surface area contributed by atoms with E-state index in [0.717, 1.165) is 11.3 Å². The number of rotatable bonds is 4. The molecule has 0 atom stereocenters. The third kappa shape index (κ3) is 3.47. The van der Waals surface area contributed by atoms with Crippen molar-refractivity contribution in [2.24, 2.45) is 0 Å². The van der Waals surface area contributed by atoms with Crippen LogP contribution in [0.5, 0.6) is 0 Å². The molecule has 1 amide bonds. The summed E-state index contributed by atoms with van der Waals surface area (Å²) in [6.07, 6.45) is 0. The quantitative estimate of drug-likeness (QED) is 0.854. The fourth-order valence-corrected chi connectivity index (χ4v) is 2.35. The van der Waals surface area contributed by atoms with Gasteiger partial charge in [-0.3, -0.25) is 4.79 Å². The Labute approximate surface area is 129 Å². The van der Waals surface area contributed by atoms with Crippen LogP contribution in [0.2, 0.25) is 5.02 Å². The highest BCUT2D eigenvalue weighted by molar-refractivity contribution is 6.31. The van der Waals surface area contributed by atoms with Gasteiger partial charge in [0.05, 0.1) is 11.3 Å². The van der Waals surface area contributed by atoms with E-state index in [1.165, 1.54) is 0 Å². The molecule has 0 aliphatic carbocycles. The lowest BCUT2D eigenvalue weighted by atomic mass is 10.1. The van der Waals surface area contributed by atoms with Crippen LogP contribution in [0.4, 0.5) is 11.4 Å². The molecule has 0 saturated heterocycles. The summed E-state index contributed by atoms with van der Waals surface area (Å²) >= 11 is 6.19. The van der Waals surface area contributed by atoms with Crippen molar-refractivity contribution in [1.82, 2.24) is 5.32 Å². The van der Waals surface area contributed by atoms with Crippen LogP contribution in [0.3, 0.4) is 0 Å². The van der Waals surface area contributed by atoms with Crippen molar-refractivity contribution in [3.63, 3.8) is 0 Å². The summed E-state index contributed by atoms with van der Waals surface area (Å²) < 4.78 is 0. The molecule has 2 aromatic carbocycles. The third-order valence-electron chi connectivity index (χ3n) is 3.27. The topological polar surface area (TPSA) is 58.4 Å². The van der Waals surface area contributed by atoms with Crippen molar-refractivity contribution in [1.29, 1.82) is 0 Å². The molecular formula is C16H18ClN3O. The zero-order valence-electron chi connectivity index (χ0n) is 12.1. The van der Waals surface area contributed by atoms with Gasteiger partial charge in [0.25, 0.3) is 5.91 Å². The smallest absolute Gasteiger partial charge is 0.253 e. The third-order valence-corrected chi connectivity index (χ3v) is 3.64. The Morgan fingerprint density at radius 3 is 2.67 bits per heavy atom. The predicted molar refractivity (Wildman–Crippen MR) is 87.8 cm³/mol. The molecule has 21 heavy (non-hydrogen) atoms. The molecule has 0 saturated carbocycles. The number of carbonyl (C=O) groups excluding carboxylic acids is 1. The maximum absolute atomic E-state index is 12.0. The molecule has 2 aromatic rings. The van der Waals surface area contributed by atoms with Crippen molar-refractivity contribution >= 4 is 28.9 Å². The highest BCUT2D eigenvalue weighted by Crippen LogP contribution is 2.26. The number of carbonyl (C=O) groups is 1. The maximum atomic E-state index is 12.0. The second-order valence-corrected chi connectivity index (χ2v) is 5.21. The second-order valence-electron chi connectivity index (χ2n) is 4.80. The van der Waals surface area contributed by atoms with Gasteiger partial charge < -0.3 is 16.0 Å². The van der Waals surface area contributed by atoms with Gasteiger partial charge in [-0.2, -0.15) is 0 Å². The number of nitrogens with two attached hydrogens (primary N) is 1. The van der Waals surface area contributed by atoms with Crippen LogP contribution in [-0.4, -0.2) is 20.0 Å². The van der Waals surface area contributed by atoms with Crippen molar-refractivity contribution in [2.75, 3.05) is 24.7 Å². The molecule has 0 aromatic heterocycles. The van der Waals surface area contributed by atoms with E-state index in [0.29, 0.717) is 22.8 Å². The van der Waals surface area contributed by atoms with Crippen LogP contribution in [-0.2, 0) is 6.54 Å². The van der Waals surface area contributed by atoms with Gasteiger partial charge in [-0.25, -0.2) is 0 Å². The van der Waals surface area contributed by atoms with Gasteiger partial charge in [-0.1, -0.05) is 29.8 Å². The average molecular weight is 304 g/mol. The van der Waals surface area contributed by atoms with Crippen LogP contribution < -0.4 is 16.0 Å². The summed E-state index contributed by atoms with van der Waals surface area (Å²) in [5, 5.41) is 3.34. The average Bonchev–Trinajstić information content (AvgIpc) is 2.48. The normalized spacial score (nSPS) is 10.2. The second kappa shape index (κ2) is 6.50. The summed E-state index contributed by atoms with van der Waals surface area (Å²) in [6.45, 7) is 0.590. The van der Waals surface area contributed by atoms with Crippen LogP contribution >= 0.6 is 11.6 Å². The summed E-state index contributed by atoms with van der Waals surface area (Å²) in [5.74, 6) is -0.143. The van der Waals surface area contributed by atoms with Gasteiger partial charge in [0.2, 0.25) is 0 Å². The molecule has 0 fully saturated rings. The lowest BCUT2D eigenvalue weighted by molar-refractivity contribution is 0.0963. The van der Waals surface area contributed by atoms with Crippen LogP contribution in [0.1, 0.15) is 15.9 Å². The highest BCUT2D eigenvalue weighted by atomic mass is 35.5. The van der Waals surface area contributed by atoms with Gasteiger partial charge >= 0.3 is 0 Å². The largest absolute Gasteiger partial charge is 0.399 e. The number of hydrogen-bond acceptors (Lipinski definition) is 3. The first-order chi connectivity index (χ1) is 10.0. The van der Waals surface area contributed by atoms with Gasteiger partial charge in [-0.15, -0.1) is 0 Å². The standard InChI is InChI=1S/C16H18ClN3O/c1-19-16(21)13-8-7-12(18)9-15(13)20(2)10-11-5-3-4-6-14(11)17/h3-9H,10,18H2,1-2H3,(H,19,21). The van der Waals surface area contributed by atoms with Crippen molar-refractivity contribution in [3.05, 3.63) is 58.6 Å². The van der Waals surface area contributed by atoms with E-state index in [9.17, 15) is 4.79 Å². The van der Waals surface area contributed by atoms with E-state index in [1.807, 2.05) is 36.2 Å². The Bertz CT molecular complexity index is 658. The minimum Gasteiger partial charge on any atom is -0.399 e. The SMILES string of the molecule is CNC(=O)c1ccc(N)cc1N(C)Cc1ccccc1Cl. The number of hydrogen-bond donors (Lipinski definition) is 2. The summed E-state index contributed by atoms with van der Waals surface area (Å²) in [5.41, 5.74) is 8.81. The first-order valence-corrected chi connectivity index (χ1v) is 6.97. The Hall–Kier alpha value is -2.20. The number of halogens is 1. The lowest BCUT2D eigenvalue weighted by Gasteiger charge is -2.23. The number of amides is 1. The number of nitrogens with one attached hydrogen (secondary N) is 1. The number of nitrogen functional groups attached to an aromatic ring is 1. The summed E-state index contributed by atoms with van der Waals surface area (Å²) in [4.78, 5) is 13.9. The van der Waals surface area contributed by atoms with Crippen LogP contribution in [0.25, 0.3) is 0 Å². The minimum absolute atomic E-state index is 0.143. The monoisotopic (exact) mass is 303 g/mol. The summed E-state index contributed by atoms with van der Waals surface area (Å²) in [6, 6.07) is 12.9. The van der Waals surface area contributed by atoms with E-state index in [-0.39, 0.29) is 5.91 Å². The van der Waals surface area contributed by atoms with E-state index in [4.69, 9.17) is 17.3 Å². The van der Waals surface area contributed by atoms with Gasteiger partial charge in [0.15, 0.2) is 0 Å². The predicted octanol–water partition coefficient (Wildman–Crippen LogP) is 2.92. The zero-order valence-corrected chi connectivity index (χ0v) is 12.8. The molecule has 2 rings (SSSR count). The molecule has 0 aliphatic heterocycles. The maximum Gasteiger partial charge on any atom is 0.253 e. The van der Waals surface area contributed by atoms with Crippen molar-refractivity contribution in [3.8, 4) is 0 Å². The Balaban J connectivity index is 2.34. The Morgan fingerprint density at radius 1 is 1.29 bits per heavy atom. The number of benzene rings is 2. The van der Waals surface area contributed by atoms with Crippen molar-refractivity contribution in [2.45, 2.75) is 6.54 Å². The molecule has 3 N–H and O–H groups in total. The molecule has 0 bridgehead atoms. The van der Waals surface area contributed by atoms with E-state index in [1.54, 1.807) is 25.2 Å². The molecule has 4 nitrogen and oxygen atoms in total. The Morgan fingerprint density at radius 2 is 2.00 bits per heavy atom. The highest BCUT2D eigenvalue weighted by Gasteiger charge is 2.14. The van der Waals surface area contributed by atoms with Crippen LogP contribution in [0.15, 0.2) is 42.5 Å². The molecule has 0 heterocycles. The molecule has 0 radical (unpaired) electrons. The van der Waals surface area contributed by atoms with Crippen molar-refractivity contribution < 1.29 is 4.79 Å². The fraction of sp³-hybridized carbons (Fsp3) is 0.188. The number of anilines is 2. The van der Waals surface area contributed by atoms with E-state index in [2.05, 4.69) is 5.32 Å². The fourth-order valence-electron chi connectivity index (χ4n) is 2.16. The van der Waals surface area contributed by atoms with Gasteiger partial charge in [0, 0.05) is 31.4 Å². The molecule has 0 aliphatic rings. The molecule has 110 valence electrons. The van der Waals surface area contributed by atoms with Crippen LogP contribution in [0, 0.1) is 0 Å². The molecule has 0 spiro atoms. The Kier molecular flexibility index (Phi) is 4.70. The van der Waals surface area contributed by atoms with Gasteiger partial charge in [0.1, 0.15) is 0 Å². The molecule has 0 unspecified atom stereocenters. The first kappa shape index (κ1) is 15.2. The summed E-state index contributed by atoms with van der Waals surface area (Å²) in [7, 11) is 3.51. The minimum atomic E-state index is -0.143. The van der Waals surface area contributed by atoms with Gasteiger partial charge in [-0.05, 0) is 29.8 Å². The lowest BCUT2D eigenvalue weighted by Crippen LogP contribution is -2.24. The van der Waals surface area contributed by atoms with E-state index < -0.39 is 0 Å². The number of nitrogens with zero attached hydrogens (tertiary/aromatic N) is 1. The molecule has 5 heteroatoms. The zero-order chi connectivity index (χ0) is 15.4. The first-order valence-electron chi connectivity index (χ1n) is 6.59. The molecular weight excluding hydrogens is 286 g/mol.